The normalized spacial score (nSPS) is 16.2. The number of nitrogens with zero attached hydrogens (tertiary/aromatic N) is 6. The van der Waals surface area contributed by atoms with Crippen LogP contribution in [0.1, 0.15) is 35.7 Å². The van der Waals surface area contributed by atoms with Gasteiger partial charge >= 0.3 is 5.97 Å². The third-order valence-corrected chi connectivity index (χ3v) is 7.56. The molecule has 0 unspecified atom stereocenters. The van der Waals surface area contributed by atoms with Crippen LogP contribution in [0.3, 0.4) is 0 Å². The number of fused-ring (bicyclic) bond motifs is 1. The van der Waals surface area contributed by atoms with Crippen molar-refractivity contribution in [2.45, 2.75) is 26.7 Å². The zero-order chi connectivity index (χ0) is 26.8. The number of ketones is 1. The zero-order valence-corrected chi connectivity index (χ0v) is 22.2. The maximum atomic E-state index is 13.1. The minimum Gasteiger partial charge on any atom is -0.477 e. The number of carboxylic acids is 1. The van der Waals surface area contributed by atoms with E-state index in [0.717, 1.165) is 11.5 Å². The Morgan fingerprint density at radius 3 is 2.68 bits per heavy atom. The summed E-state index contributed by atoms with van der Waals surface area (Å²) >= 11 is 1.11. The molecule has 2 aliphatic heterocycles. The van der Waals surface area contributed by atoms with Crippen molar-refractivity contribution >= 4 is 46.1 Å². The molecular weight excluding hydrogens is 512 g/mol. The molecule has 2 aliphatic rings. The lowest BCUT2D eigenvalue weighted by atomic mass is 9.92. The Morgan fingerprint density at radius 1 is 1.21 bits per heavy atom. The minimum atomic E-state index is -1.32. The number of Topliss-reactive ketones (excluding diaryl/α,β-unsaturated/α-hetero) is 1. The Labute approximate surface area is 223 Å². The number of carboxylic acid groups (broad SMARTS) is 1. The summed E-state index contributed by atoms with van der Waals surface area (Å²) < 4.78 is 16.7. The van der Waals surface area contributed by atoms with Gasteiger partial charge in [0.05, 0.1) is 24.5 Å². The van der Waals surface area contributed by atoms with E-state index in [2.05, 4.69) is 9.36 Å². The summed E-state index contributed by atoms with van der Waals surface area (Å²) in [7, 11) is 0. The highest BCUT2D eigenvalue weighted by molar-refractivity contribution is 7.08. The van der Waals surface area contributed by atoms with E-state index in [1.54, 1.807) is 13.0 Å². The minimum absolute atomic E-state index is 0.0646. The van der Waals surface area contributed by atoms with Gasteiger partial charge in [-0.15, -0.1) is 0 Å². The summed E-state index contributed by atoms with van der Waals surface area (Å²) in [5.41, 5.74) is -0.0356. The first-order valence-electron chi connectivity index (χ1n) is 12.7. The molecule has 0 saturated carbocycles. The van der Waals surface area contributed by atoms with Gasteiger partial charge in [-0.1, -0.05) is 0 Å². The molecule has 0 spiro atoms. The molecule has 0 aromatic carbocycles. The maximum absolute atomic E-state index is 13.1. The average molecular weight is 543 g/mol. The number of aromatic carboxylic acids is 1. The number of carbonyl (C=O) groups is 2. The van der Waals surface area contributed by atoms with Crippen molar-refractivity contribution in [1.29, 1.82) is 0 Å². The number of hydrogen-bond donors (Lipinski definition) is 1. The van der Waals surface area contributed by atoms with Gasteiger partial charge in [-0.3, -0.25) is 14.2 Å². The van der Waals surface area contributed by atoms with E-state index >= 15 is 0 Å². The monoisotopic (exact) mass is 542 g/mol. The van der Waals surface area contributed by atoms with Crippen LogP contribution in [0.5, 0.6) is 0 Å². The number of rotatable bonds is 10. The molecule has 0 amide bonds. The topological polar surface area (TPSA) is 140 Å². The molecule has 3 aromatic heterocycles. The lowest BCUT2D eigenvalue weighted by Crippen LogP contribution is -2.51. The van der Waals surface area contributed by atoms with E-state index in [0.29, 0.717) is 93.6 Å². The molecule has 0 aliphatic carbocycles. The van der Waals surface area contributed by atoms with Crippen molar-refractivity contribution in [3.8, 4) is 5.13 Å². The van der Waals surface area contributed by atoms with Gasteiger partial charge in [-0.05, 0) is 31.9 Å². The van der Waals surface area contributed by atoms with E-state index < -0.39 is 11.4 Å². The van der Waals surface area contributed by atoms with Crippen molar-refractivity contribution in [2.24, 2.45) is 5.92 Å². The molecule has 1 N–H and O–H groups in total. The Bertz CT molecular complexity index is 1410. The number of ether oxygens (including phenoxy) is 2. The molecule has 0 radical (unpaired) electrons. The summed E-state index contributed by atoms with van der Waals surface area (Å²) in [5, 5.41) is 10.4. The third-order valence-electron chi connectivity index (χ3n) is 6.85. The van der Waals surface area contributed by atoms with Crippen LogP contribution in [0.25, 0.3) is 16.2 Å². The lowest BCUT2D eigenvalue weighted by molar-refractivity contribution is -0.123. The van der Waals surface area contributed by atoms with Crippen LogP contribution < -0.4 is 15.2 Å². The molecule has 0 bridgehead atoms. The quantitative estimate of drug-likeness (QED) is 0.376. The molecule has 0 atom stereocenters. The van der Waals surface area contributed by atoms with Gasteiger partial charge in [0, 0.05) is 63.5 Å². The van der Waals surface area contributed by atoms with Crippen molar-refractivity contribution in [3.05, 3.63) is 33.6 Å². The highest BCUT2D eigenvalue weighted by atomic mass is 32.1. The average Bonchev–Trinajstić information content (AvgIpc) is 3.36. The second kappa shape index (κ2) is 11.1. The Hall–Kier alpha value is -3.42. The molecule has 202 valence electrons. The standard InChI is InChI=1S/C25H30N6O6S/c1-3-36-8-4-5-18(32)16-12-30(13-16)19-11-15(2)20-21(33)17(23(34)35)14-31(22(20)26-19)25-27-24(28-38-25)29-6-9-37-10-7-29/h11,14,16H,3-10,12-13H2,1-2H3,(H,34,35). The number of aromatic nitrogens is 4. The summed E-state index contributed by atoms with van der Waals surface area (Å²) in [4.78, 5) is 51.0. The second-order valence-electron chi connectivity index (χ2n) is 9.39. The summed E-state index contributed by atoms with van der Waals surface area (Å²) in [6.45, 7) is 8.48. The van der Waals surface area contributed by atoms with Gasteiger partial charge in [-0.2, -0.15) is 9.36 Å². The molecular formula is C25H30N6O6S. The van der Waals surface area contributed by atoms with Gasteiger partial charge in [0.1, 0.15) is 17.2 Å². The smallest absolute Gasteiger partial charge is 0.341 e. The highest BCUT2D eigenvalue weighted by Crippen LogP contribution is 2.29. The van der Waals surface area contributed by atoms with Crippen LogP contribution in [0.15, 0.2) is 17.1 Å². The number of anilines is 2. The highest BCUT2D eigenvalue weighted by Gasteiger charge is 2.33. The van der Waals surface area contributed by atoms with E-state index in [1.807, 2.05) is 16.7 Å². The van der Waals surface area contributed by atoms with Crippen molar-refractivity contribution < 1.29 is 24.2 Å². The predicted molar refractivity (Wildman–Crippen MR) is 142 cm³/mol. The van der Waals surface area contributed by atoms with Crippen LogP contribution in [-0.4, -0.2) is 88.4 Å². The summed E-state index contributed by atoms with van der Waals surface area (Å²) in [5.74, 6) is -0.0162. The van der Waals surface area contributed by atoms with E-state index in [9.17, 15) is 19.5 Å². The number of hydrogen-bond acceptors (Lipinski definition) is 11. The van der Waals surface area contributed by atoms with Gasteiger partial charge in [-0.25, -0.2) is 9.78 Å². The maximum Gasteiger partial charge on any atom is 0.341 e. The summed E-state index contributed by atoms with van der Waals surface area (Å²) in [6.07, 6.45) is 2.47. The molecule has 3 aromatic rings. The van der Waals surface area contributed by atoms with E-state index in [4.69, 9.17) is 14.5 Å². The lowest BCUT2D eigenvalue weighted by Gasteiger charge is -2.39. The Morgan fingerprint density at radius 2 is 1.97 bits per heavy atom. The number of aryl methyl sites for hydroxylation is 1. The van der Waals surface area contributed by atoms with Gasteiger partial charge in [0.15, 0.2) is 5.65 Å². The SMILES string of the molecule is CCOCCCC(=O)C1CN(c2cc(C)c3c(=O)c(C(=O)O)cn(-c4nc(N5CCOCC5)ns4)c3n2)C1. The van der Waals surface area contributed by atoms with Crippen molar-refractivity contribution in [1.82, 2.24) is 18.9 Å². The van der Waals surface area contributed by atoms with Crippen LogP contribution in [0.4, 0.5) is 11.8 Å². The molecule has 5 rings (SSSR count). The van der Waals surface area contributed by atoms with Crippen molar-refractivity contribution in [2.75, 3.05) is 62.4 Å². The molecule has 12 nitrogen and oxygen atoms in total. The fraction of sp³-hybridized carbons (Fsp3) is 0.520. The first-order valence-corrected chi connectivity index (χ1v) is 13.5. The molecule has 2 fully saturated rings. The second-order valence-corrected chi connectivity index (χ2v) is 10.1. The van der Waals surface area contributed by atoms with Crippen LogP contribution in [0.2, 0.25) is 0 Å². The molecule has 2 saturated heterocycles. The first kappa shape index (κ1) is 26.2. The van der Waals surface area contributed by atoms with Crippen LogP contribution in [0, 0.1) is 12.8 Å². The van der Waals surface area contributed by atoms with Crippen molar-refractivity contribution in [3.63, 3.8) is 0 Å². The molecule has 38 heavy (non-hydrogen) atoms. The Kier molecular flexibility index (Phi) is 7.68. The fourth-order valence-electron chi connectivity index (χ4n) is 4.70. The molecule has 13 heteroatoms. The summed E-state index contributed by atoms with van der Waals surface area (Å²) in [6, 6.07) is 1.77. The van der Waals surface area contributed by atoms with Crippen LogP contribution in [-0.2, 0) is 14.3 Å². The van der Waals surface area contributed by atoms with Gasteiger partial charge in [0.25, 0.3) is 0 Å². The zero-order valence-electron chi connectivity index (χ0n) is 21.4. The largest absolute Gasteiger partial charge is 0.477 e. The third kappa shape index (κ3) is 5.13. The van der Waals surface area contributed by atoms with E-state index in [1.165, 1.54) is 10.8 Å². The number of pyridine rings is 2. The van der Waals surface area contributed by atoms with E-state index in [-0.39, 0.29) is 22.7 Å². The number of carbonyl (C=O) groups excluding carboxylic acids is 1. The fourth-order valence-corrected chi connectivity index (χ4v) is 5.37. The number of morpholine rings is 1. The van der Waals surface area contributed by atoms with Crippen LogP contribution >= 0.6 is 11.5 Å². The van der Waals surface area contributed by atoms with Gasteiger partial charge < -0.3 is 24.4 Å². The molecule has 5 heterocycles. The Balaban J connectivity index is 1.46. The first-order chi connectivity index (χ1) is 18.4. The predicted octanol–water partition coefficient (Wildman–Crippen LogP) is 1.90. The van der Waals surface area contributed by atoms with Gasteiger partial charge in [0.2, 0.25) is 16.5 Å².